The van der Waals surface area contributed by atoms with Crippen LogP contribution < -0.4 is 10.8 Å². The summed E-state index contributed by atoms with van der Waals surface area (Å²) in [6.07, 6.45) is 0. The standard InChI is InChI=1S/C17H32N2O6/c1-10(2)12(11(3)14(20)19-23)15(21)18-13(17(4,5)6)16(22)25-9-8-24-7/h10-13,23H,8-9H2,1-7H3,(H,18,21)(H,19,20). The molecule has 3 atom stereocenters. The molecule has 0 aliphatic heterocycles. The van der Waals surface area contributed by atoms with Crippen molar-refractivity contribution in [2.45, 2.75) is 47.6 Å². The van der Waals surface area contributed by atoms with Crippen LogP contribution in [-0.4, -0.2) is 49.4 Å². The number of rotatable bonds is 9. The number of hydrogen-bond acceptors (Lipinski definition) is 6. The molecule has 8 nitrogen and oxygen atoms in total. The van der Waals surface area contributed by atoms with Crippen molar-refractivity contribution in [1.29, 1.82) is 0 Å². The van der Waals surface area contributed by atoms with E-state index in [9.17, 15) is 14.4 Å². The summed E-state index contributed by atoms with van der Waals surface area (Å²) in [5, 5.41) is 11.5. The fourth-order valence-electron chi connectivity index (χ4n) is 2.55. The maximum Gasteiger partial charge on any atom is 0.329 e. The Balaban J connectivity index is 5.28. The second-order valence-electron chi connectivity index (χ2n) is 7.50. The van der Waals surface area contributed by atoms with Gasteiger partial charge in [0.2, 0.25) is 11.8 Å². The van der Waals surface area contributed by atoms with E-state index in [1.165, 1.54) is 7.11 Å². The highest BCUT2D eigenvalue weighted by atomic mass is 16.6. The number of methoxy groups -OCH3 is 1. The minimum atomic E-state index is -0.873. The maximum absolute atomic E-state index is 12.7. The third kappa shape index (κ3) is 7.39. The van der Waals surface area contributed by atoms with Crippen LogP contribution in [0.2, 0.25) is 0 Å². The molecule has 0 radical (unpaired) electrons. The monoisotopic (exact) mass is 360 g/mol. The number of carbonyl (C=O) groups excluding carboxylic acids is 3. The van der Waals surface area contributed by atoms with Gasteiger partial charge < -0.3 is 14.8 Å². The average molecular weight is 360 g/mol. The predicted octanol–water partition coefficient (Wildman–Crippen LogP) is 1.12. The van der Waals surface area contributed by atoms with E-state index < -0.39 is 41.1 Å². The number of ether oxygens (including phenoxy) is 2. The van der Waals surface area contributed by atoms with Gasteiger partial charge in [-0.2, -0.15) is 0 Å². The zero-order valence-corrected chi connectivity index (χ0v) is 16.2. The van der Waals surface area contributed by atoms with Gasteiger partial charge in [-0.25, -0.2) is 10.3 Å². The second-order valence-corrected chi connectivity index (χ2v) is 7.50. The number of nitrogens with one attached hydrogen (secondary N) is 2. The summed E-state index contributed by atoms with van der Waals surface area (Å²) in [5.41, 5.74) is 0.992. The first-order valence-corrected chi connectivity index (χ1v) is 8.37. The van der Waals surface area contributed by atoms with E-state index >= 15 is 0 Å². The van der Waals surface area contributed by atoms with Crippen molar-refractivity contribution in [3.05, 3.63) is 0 Å². The van der Waals surface area contributed by atoms with Crippen molar-refractivity contribution < 1.29 is 29.1 Å². The Hall–Kier alpha value is -1.67. The van der Waals surface area contributed by atoms with Gasteiger partial charge in [0.05, 0.1) is 12.5 Å². The smallest absolute Gasteiger partial charge is 0.329 e. The SMILES string of the molecule is COCCOC(=O)C(NC(=O)C(C(C)C)C(C)C(=O)NO)C(C)(C)C. The van der Waals surface area contributed by atoms with Crippen LogP contribution in [0.3, 0.4) is 0 Å². The van der Waals surface area contributed by atoms with Crippen LogP contribution in [0.25, 0.3) is 0 Å². The number of carbonyl (C=O) groups is 3. The topological polar surface area (TPSA) is 114 Å². The molecule has 0 saturated heterocycles. The van der Waals surface area contributed by atoms with Gasteiger partial charge in [-0.05, 0) is 11.3 Å². The minimum Gasteiger partial charge on any atom is -0.462 e. The summed E-state index contributed by atoms with van der Waals surface area (Å²) in [4.78, 5) is 36.8. The van der Waals surface area contributed by atoms with Crippen LogP contribution in [0.4, 0.5) is 0 Å². The third-order valence-corrected chi connectivity index (χ3v) is 4.00. The lowest BCUT2D eigenvalue weighted by atomic mass is 9.81. The Morgan fingerprint density at radius 3 is 2.00 bits per heavy atom. The van der Waals surface area contributed by atoms with Crippen LogP contribution in [-0.2, 0) is 23.9 Å². The lowest BCUT2D eigenvalue weighted by Gasteiger charge is -2.33. The van der Waals surface area contributed by atoms with Crippen molar-refractivity contribution in [2.75, 3.05) is 20.3 Å². The zero-order valence-electron chi connectivity index (χ0n) is 16.2. The van der Waals surface area contributed by atoms with Gasteiger partial charge in [-0.3, -0.25) is 14.8 Å². The van der Waals surface area contributed by atoms with E-state index in [1.807, 2.05) is 20.8 Å². The molecule has 0 bridgehead atoms. The Kier molecular flexibility index (Phi) is 9.66. The highest BCUT2D eigenvalue weighted by molar-refractivity contribution is 5.90. The number of hydrogen-bond donors (Lipinski definition) is 3. The molecule has 8 heteroatoms. The van der Waals surface area contributed by atoms with E-state index in [0.29, 0.717) is 0 Å². The van der Waals surface area contributed by atoms with Crippen molar-refractivity contribution >= 4 is 17.8 Å². The normalized spacial score (nSPS) is 15.2. The summed E-state index contributed by atoms with van der Waals surface area (Å²) in [6.45, 7) is 10.9. The van der Waals surface area contributed by atoms with E-state index in [1.54, 1.807) is 26.3 Å². The molecule has 0 aliphatic rings. The Morgan fingerprint density at radius 2 is 1.60 bits per heavy atom. The van der Waals surface area contributed by atoms with Crippen LogP contribution in [0.1, 0.15) is 41.5 Å². The molecule has 0 rings (SSSR count). The lowest BCUT2D eigenvalue weighted by molar-refractivity contribution is -0.153. The summed E-state index contributed by atoms with van der Waals surface area (Å²) in [6, 6.07) is -0.873. The molecule has 2 amide bonds. The molecule has 25 heavy (non-hydrogen) atoms. The first-order chi connectivity index (χ1) is 11.5. The quantitative estimate of drug-likeness (QED) is 0.246. The molecule has 0 aromatic carbocycles. The Labute approximate surface area is 149 Å². The van der Waals surface area contributed by atoms with Gasteiger partial charge >= 0.3 is 5.97 Å². The maximum atomic E-state index is 12.7. The fraction of sp³-hybridized carbons (Fsp3) is 0.824. The van der Waals surface area contributed by atoms with E-state index in [0.717, 1.165) is 0 Å². The van der Waals surface area contributed by atoms with Gasteiger partial charge in [0.1, 0.15) is 12.6 Å². The van der Waals surface area contributed by atoms with Crippen LogP contribution in [0.15, 0.2) is 0 Å². The predicted molar refractivity (Wildman–Crippen MR) is 91.6 cm³/mol. The minimum absolute atomic E-state index is 0.0920. The van der Waals surface area contributed by atoms with Crippen LogP contribution in [0.5, 0.6) is 0 Å². The summed E-state index contributed by atoms with van der Waals surface area (Å²) >= 11 is 0. The number of hydroxylamine groups is 1. The first-order valence-electron chi connectivity index (χ1n) is 8.37. The lowest BCUT2D eigenvalue weighted by Crippen LogP contribution is -2.53. The zero-order chi connectivity index (χ0) is 19.8. The molecular weight excluding hydrogens is 328 g/mol. The largest absolute Gasteiger partial charge is 0.462 e. The first kappa shape index (κ1) is 23.3. The van der Waals surface area contributed by atoms with Crippen molar-refractivity contribution in [1.82, 2.24) is 10.8 Å². The van der Waals surface area contributed by atoms with Gasteiger partial charge in [0, 0.05) is 13.0 Å². The Morgan fingerprint density at radius 1 is 1.04 bits per heavy atom. The molecule has 0 aromatic heterocycles. The van der Waals surface area contributed by atoms with Crippen molar-refractivity contribution in [3.63, 3.8) is 0 Å². The molecule has 0 heterocycles. The van der Waals surface area contributed by atoms with Crippen LogP contribution >= 0.6 is 0 Å². The van der Waals surface area contributed by atoms with E-state index in [4.69, 9.17) is 14.7 Å². The fourth-order valence-corrected chi connectivity index (χ4v) is 2.55. The second kappa shape index (κ2) is 10.4. The summed E-state index contributed by atoms with van der Waals surface area (Å²) in [7, 11) is 1.50. The van der Waals surface area contributed by atoms with Crippen molar-refractivity contribution in [3.8, 4) is 0 Å². The molecule has 146 valence electrons. The van der Waals surface area contributed by atoms with Gasteiger partial charge in [-0.15, -0.1) is 0 Å². The highest BCUT2D eigenvalue weighted by Gasteiger charge is 2.39. The molecule has 0 aliphatic carbocycles. The molecular formula is C17H32N2O6. The molecule has 3 unspecified atom stereocenters. The number of esters is 1. The van der Waals surface area contributed by atoms with Gasteiger partial charge in [-0.1, -0.05) is 41.5 Å². The van der Waals surface area contributed by atoms with Gasteiger partial charge in [0.25, 0.3) is 0 Å². The average Bonchev–Trinajstić information content (AvgIpc) is 2.50. The highest BCUT2D eigenvalue weighted by Crippen LogP contribution is 2.25. The molecule has 3 N–H and O–H groups in total. The Bertz CT molecular complexity index is 459. The van der Waals surface area contributed by atoms with Crippen molar-refractivity contribution in [2.24, 2.45) is 23.2 Å². The molecule has 0 saturated carbocycles. The van der Waals surface area contributed by atoms with Gasteiger partial charge in [0.15, 0.2) is 0 Å². The van der Waals surface area contributed by atoms with E-state index in [-0.39, 0.29) is 19.1 Å². The summed E-state index contributed by atoms with van der Waals surface area (Å²) in [5.74, 6) is -3.27. The third-order valence-electron chi connectivity index (χ3n) is 4.00. The molecule has 0 aromatic rings. The van der Waals surface area contributed by atoms with E-state index in [2.05, 4.69) is 5.32 Å². The summed E-state index contributed by atoms with van der Waals surface area (Å²) < 4.78 is 9.99. The van der Waals surface area contributed by atoms with Crippen LogP contribution in [0, 0.1) is 23.2 Å². The molecule has 0 spiro atoms. The number of amides is 2. The molecule has 0 fully saturated rings.